The molecule has 0 saturated carbocycles. The van der Waals surface area contributed by atoms with Crippen molar-refractivity contribution in [3.05, 3.63) is 65.7 Å². The van der Waals surface area contributed by atoms with Crippen LogP contribution in [0.4, 0.5) is 5.69 Å². The van der Waals surface area contributed by atoms with E-state index < -0.39 is 16.1 Å². The summed E-state index contributed by atoms with van der Waals surface area (Å²) in [6.07, 6.45) is 5.60. The van der Waals surface area contributed by atoms with E-state index in [2.05, 4.69) is 12.2 Å². The lowest BCUT2D eigenvalue weighted by Crippen LogP contribution is -2.50. The number of aryl methyl sites for hydroxylation is 1. The van der Waals surface area contributed by atoms with Gasteiger partial charge in [-0.25, -0.2) is 8.42 Å². The highest BCUT2D eigenvalue weighted by Crippen LogP contribution is 2.20. The van der Waals surface area contributed by atoms with Gasteiger partial charge in [-0.3, -0.25) is 13.9 Å². The minimum atomic E-state index is -3.50. The lowest BCUT2D eigenvalue weighted by Gasteiger charge is -2.31. The van der Waals surface area contributed by atoms with Crippen LogP contribution in [0.15, 0.2) is 54.6 Å². The fraction of sp³-hybridized carbons (Fsp3) is 0.517. The number of unbranched alkanes of at least 4 members (excludes halogenated alkanes) is 1. The summed E-state index contributed by atoms with van der Waals surface area (Å²) in [5, 5.41) is 2.97. The quantitative estimate of drug-likeness (QED) is 0.323. The molecule has 0 aliphatic heterocycles. The third kappa shape index (κ3) is 9.84. The second-order valence-electron chi connectivity index (χ2n) is 9.35. The second-order valence-corrected chi connectivity index (χ2v) is 11.3. The first kappa shape index (κ1) is 30.4. The van der Waals surface area contributed by atoms with Crippen molar-refractivity contribution in [1.82, 2.24) is 10.2 Å². The monoisotopic (exact) mass is 529 g/mol. The number of sulfonamides is 1. The predicted molar refractivity (Wildman–Crippen MR) is 151 cm³/mol. The minimum absolute atomic E-state index is 0.133. The summed E-state index contributed by atoms with van der Waals surface area (Å²) < 4.78 is 26.4. The first-order chi connectivity index (χ1) is 17.7. The average molecular weight is 530 g/mol. The van der Waals surface area contributed by atoms with Gasteiger partial charge >= 0.3 is 0 Å². The van der Waals surface area contributed by atoms with Crippen molar-refractivity contribution < 1.29 is 18.0 Å². The van der Waals surface area contributed by atoms with Crippen LogP contribution in [0.25, 0.3) is 0 Å². The van der Waals surface area contributed by atoms with Crippen LogP contribution in [-0.4, -0.2) is 57.1 Å². The SMILES string of the molecule is CCCCNC(=O)[C@@H](CC)N(CCc1ccccc1)C(=O)CCCN(c1ccc(CC)cc1)S(C)(=O)=O. The highest BCUT2D eigenvalue weighted by molar-refractivity contribution is 7.92. The number of hydrogen-bond donors (Lipinski definition) is 1. The Labute approximate surface area is 223 Å². The summed E-state index contributed by atoms with van der Waals surface area (Å²) in [5.41, 5.74) is 2.82. The molecule has 0 spiro atoms. The summed E-state index contributed by atoms with van der Waals surface area (Å²) in [5.74, 6) is -0.269. The zero-order valence-electron chi connectivity index (χ0n) is 22.8. The van der Waals surface area contributed by atoms with Crippen molar-refractivity contribution >= 4 is 27.5 Å². The van der Waals surface area contributed by atoms with Crippen molar-refractivity contribution in [2.45, 2.75) is 71.8 Å². The van der Waals surface area contributed by atoms with Gasteiger partial charge in [0.15, 0.2) is 0 Å². The number of anilines is 1. The van der Waals surface area contributed by atoms with E-state index >= 15 is 0 Å². The Morgan fingerprint density at radius 2 is 1.57 bits per heavy atom. The molecule has 0 saturated heterocycles. The fourth-order valence-electron chi connectivity index (χ4n) is 4.30. The average Bonchev–Trinajstić information content (AvgIpc) is 2.89. The Bertz CT molecular complexity index is 1070. The number of hydrogen-bond acceptors (Lipinski definition) is 4. The van der Waals surface area contributed by atoms with Gasteiger partial charge < -0.3 is 10.2 Å². The molecule has 2 aromatic carbocycles. The lowest BCUT2D eigenvalue weighted by molar-refractivity contribution is -0.140. The Hall–Kier alpha value is -2.87. The van der Waals surface area contributed by atoms with E-state index in [0.29, 0.717) is 38.0 Å². The van der Waals surface area contributed by atoms with Crippen LogP contribution >= 0.6 is 0 Å². The molecule has 0 aliphatic rings. The van der Waals surface area contributed by atoms with E-state index in [1.54, 1.807) is 4.90 Å². The van der Waals surface area contributed by atoms with Crippen LogP contribution in [-0.2, 0) is 32.5 Å². The molecule has 1 N–H and O–H groups in total. The van der Waals surface area contributed by atoms with Crippen molar-refractivity contribution in [3.63, 3.8) is 0 Å². The zero-order chi connectivity index (χ0) is 27.3. The predicted octanol–water partition coefficient (Wildman–Crippen LogP) is 4.56. The van der Waals surface area contributed by atoms with E-state index in [9.17, 15) is 18.0 Å². The number of benzene rings is 2. The molecule has 2 aromatic rings. The molecular weight excluding hydrogens is 486 g/mol. The zero-order valence-corrected chi connectivity index (χ0v) is 23.6. The van der Waals surface area contributed by atoms with Crippen molar-refractivity contribution in [2.24, 2.45) is 0 Å². The maximum atomic E-state index is 13.4. The van der Waals surface area contributed by atoms with Crippen LogP contribution in [0.5, 0.6) is 0 Å². The number of nitrogens with one attached hydrogen (secondary N) is 1. The van der Waals surface area contributed by atoms with Crippen LogP contribution in [0.2, 0.25) is 0 Å². The lowest BCUT2D eigenvalue weighted by atomic mass is 10.1. The van der Waals surface area contributed by atoms with Gasteiger partial charge in [0, 0.05) is 26.1 Å². The molecular formula is C29H43N3O4S. The first-order valence-corrected chi connectivity index (χ1v) is 15.2. The third-order valence-electron chi connectivity index (χ3n) is 6.48. The summed E-state index contributed by atoms with van der Waals surface area (Å²) in [6, 6.07) is 16.8. The minimum Gasteiger partial charge on any atom is -0.354 e. The van der Waals surface area contributed by atoms with E-state index in [-0.39, 0.29) is 24.8 Å². The molecule has 2 rings (SSSR count). The maximum absolute atomic E-state index is 13.4. The van der Waals surface area contributed by atoms with Crippen molar-refractivity contribution in [1.29, 1.82) is 0 Å². The highest BCUT2D eigenvalue weighted by Gasteiger charge is 2.28. The third-order valence-corrected chi connectivity index (χ3v) is 7.68. The smallest absolute Gasteiger partial charge is 0.242 e. The van der Waals surface area contributed by atoms with Crippen LogP contribution in [0.1, 0.15) is 64.0 Å². The molecule has 37 heavy (non-hydrogen) atoms. The van der Waals surface area contributed by atoms with Gasteiger partial charge in [0.1, 0.15) is 6.04 Å². The summed E-state index contributed by atoms with van der Waals surface area (Å²) in [4.78, 5) is 28.1. The van der Waals surface area contributed by atoms with E-state index in [4.69, 9.17) is 0 Å². The summed E-state index contributed by atoms with van der Waals surface area (Å²) >= 11 is 0. The number of rotatable bonds is 16. The number of nitrogens with zero attached hydrogens (tertiary/aromatic N) is 2. The molecule has 7 nitrogen and oxygen atoms in total. The van der Waals surface area contributed by atoms with E-state index in [1.807, 2.05) is 68.4 Å². The number of amides is 2. The molecule has 0 radical (unpaired) electrons. The van der Waals surface area contributed by atoms with Crippen molar-refractivity contribution in [2.75, 3.05) is 30.2 Å². The molecule has 2 amide bonds. The number of carbonyl (C=O) groups excluding carboxylic acids is 2. The molecule has 0 unspecified atom stereocenters. The summed E-state index contributed by atoms with van der Waals surface area (Å²) in [7, 11) is -3.50. The Morgan fingerprint density at radius 1 is 0.892 bits per heavy atom. The molecule has 0 fully saturated rings. The highest BCUT2D eigenvalue weighted by atomic mass is 32.2. The normalized spacial score (nSPS) is 12.1. The van der Waals surface area contributed by atoms with Gasteiger partial charge in [-0.15, -0.1) is 0 Å². The molecule has 0 aromatic heterocycles. The van der Waals surface area contributed by atoms with Gasteiger partial charge in [0.2, 0.25) is 21.8 Å². The van der Waals surface area contributed by atoms with E-state index in [0.717, 1.165) is 30.4 Å². The molecule has 0 heterocycles. The van der Waals surface area contributed by atoms with Crippen LogP contribution in [0.3, 0.4) is 0 Å². The topological polar surface area (TPSA) is 86.8 Å². The molecule has 0 bridgehead atoms. The van der Waals surface area contributed by atoms with Gasteiger partial charge in [-0.1, -0.05) is 69.7 Å². The van der Waals surface area contributed by atoms with Gasteiger partial charge in [0.05, 0.1) is 11.9 Å². The Morgan fingerprint density at radius 3 is 2.14 bits per heavy atom. The van der Waals surface area contributed by atoms with Crippen molar-refractivity contribution in [3.8, 4) is 0 Å². The number of carbonyl (C=O) groups is 2. The fourth-order valence-corrected chi connectivity index (χ4v) is 5.27. The molecule has 1 atom stereocenters. The van der Waals surface area contributed by atoms with E-state index in [1.165, 1.54) is 10.6 Å². The molecule has 8 heteroatoms. The molecule has 204 valence electrons. The summed E-state index contributed by atoms with van der Waals surface area (Å²) in [6.45, 7) is 7.24. The van der Waals surface area contributed by atoms with Crippen LogP contribution < -0.4 is 9.62 Å². The molecule has 0 aliphatic carbocycles. The van der Waals surface area contributed by atoms with Gasteiger partial charge in [-0.05, 0) is 55.4 Å². The Balaban J connectivity index is 2.13. The maximum Gasteiger partial charge on any atom is 0.242 e. The standard InChI is InChI=1S/C29H43N3O4S/c1-5-8-21-30-29(34)27(7-3)31(23-20-25-13-10-9-11-14-25)28(33)15-12-22-32(37(4,35)36)26-18-16-24(6-2)17-19-26/h9-11,13-14,16-19,27H,5-8,12,15,20-23H2,1-4H3,(H,30,34)/t27-/m1/s1. The second kappa shape index (κ2) is 15.4. The van der Waals surface area contributed by atoms with Gasteiger partial charge in [0.25, 0.3) is 0 Å². The Kier molecular flexibility index (Phi) is 12.6. The largest absolute Gasteiger partial charge is 0.354 e. The first-order valence-electron chi connectivity index (χ1n) is 13.4. The van der Waals surface area contributed by atoms with Gasteiger partial charge in [-0.2, -0.15) is 0 Å². The van der Waals surface area contributed by atoms with Crippen LogP contribution in [0, 0.1) is 0 Å².